The molecule has 1 heterocycles. The predicted molar refractivity (Wildman–Crippen MR) is 115 cm³/mol. The van der Waals surface area contributed by atoms with Crippen LogP contribution in [0, 0.1) is 5.41 Å². The van der Waals surface area contributed by atoms with Crippen molar-refractivity contribution in [2.24, 2.45) is 10.4 Å². The summed E-state index contributed by atoms with van der Waals surface area (Å²) in [7, 11) is 2.13. The van der Waals surface area contributed by atoms with Gasteiger partial charge >= 0.3 is 0 Å². The average molecular weight is 465 g/mol. The van der Waals surface area contributed by atoms with E-state index in [9.17, 15) is 0 Å². The Kier molecular flexibility index (Phi) is 10.2. The van der Waals surface area contributed by atoms with Crippen molar-refractivity contribution >= 4 is 41.3 Å². The van der Waals surface area contributed by atoms with Crippen molar-refractivity contribution in [2.45, 2.75) is 39.5 Å². The van der Waals surface area contributed by atoms with Crippen molar-refractivity contribution in [2.75, 3.05) is 39.9 Å². The number of hydrogen-bond acceptors (Lipinski definition) is 3. The van der Waals surface area contributed by atoms with E-state index >= 15 is 0 Å². The number of ether oxygens (including phenoxy) is 1. The molecule has 1 aromatic rings. The molecular formula is C18H32IN3OS. The minimum absolute atomic E-state index is 0. The SMILES string of the molecule is CCNC(=NCC1(CCOCC)CC1)N(C)CCc1cccs1.I. The van der Waals surface area contributed by atoms with E-state index in [2.05, 4.69) is 48.6 Å². The first-order valence-electron chi connectivity index (χ1n) is 8.78. The van der Waals surface area contributed by atoms with E-state index in [1.165, 1.54) is 17.7 Å². The number of likely N-dealkylation sites (N-methyl/N-ethyl adjacent to an activating group) is 1. The lowest BCUT2D eigenvalue weighted by atomic mass is 10.0. The van der Waals surface area contributed by atoms with Crippen LogP contribution in [0.1, 0.15) is 38.0 Å². The highest BCUT2D eigenvalue weighted by atomic mass is 127. The Balaban J connectivity index is 0.00000288. The average Bonchev–Trinajstić information content (AvgIpc) is 3.12. The van der Waals surface area contributed by atoms with Gasteiger partial charge in [0.15, 0.2) is 5.96 Å². The summed E-state index contributed by atoms with van der Waals surface area (Å²) in [5.74, 6) is 1.03. The van der Waals surface area contributed by atoms with Crippen molar-refractivity contribution in [3.05, 3.63) is 22.4 Å². The van der Waals surface area contributed by atoms with Crippen LogP contribution in [0.5, 0.6) is 0 Å². The molecule has 4 nitrogen and oxygen atoms in total. The van der Waals surface area contributed by atoms with Gasteiger partial charge in [-0.25, -0.2) is 0 Å². The molecule has 6 heteroatoms. The fraction of sp³-hybridized carbons (Fsp3) is 0.722. The zero-order valence-corrected chi connectivity index (χ0v) is 18.4. The molecular weight excluding hydrogens is 433 g/mol. The van der Waals surface area contributed by atoms with Gasteiger partial charge in [0, 0.05) is 44.8 Å². The molecule has 0 atom stereocenters. The Hall–Kier alpha value is -0.340. The highest BCUT2D eigenvalue weighted by Gasteiger charge is 2.41. The van der Waals surface area contributed by atoms with E-state index in [-0.39, 0.29) is 24.0 Å². The molecule has 1 aromatic heterocycles. The third-order valence-electron chi connectivity index (χ3n) is 4.47. The maximum Gasteiger partial charge on any atom is 0.193 e. The van der Waals surface area contributed by atoms with Gasteiger partial charge in [-0.2, -0.15) is 0 Å². The number of nitrogens with one attached hydrogen (secondary N) is 1. The van der Waals surface area contributed by atoms with E-state index in [0.29, 0.717) is 5.41 Å². The fourth-order valence-electron chi connectivity index (χ4n) is 2.65. The number of aliphatic imine (C=N–C) groups is 1. The van der Waals surface area contributed by atoms with Crippen LogP contribution >= 0.6 is 35.3 Å². The van der Waals surface area contributed by atoms with Gasteiger partial charge in [-0.3, -0.25) is 4.99 Å². The second kappa shape index (κ2) is 11.3. The van der Waals surface area contributed by atoms with E-state index in [4.69, 9.17) is 9.73 Å². The van der Waals surface area contributed by atoms with Gasteiger partial charge in [-0.1, -0.05) is 6.07 Å². The Morgan fingerprint density at radius 3 is 2.79 bits per heavy atom. The van der Waals surface area contributed by atoms with Gasteiger partial charge in [0.1, 0.15) is 0 Å². The molecule has 1 N–H and O–H groups in total. The number of halogens is 1. The Bertz CT molecular complexity index is 475. The third-order valence-corrected chi connectivity index (χ3v) is 5.41. The van der Waals surface area contributed by atoms with E-state index in [1.54, 1.807) is 0 Å². The van der Waals surface area contributed by atoms with Gasteiger partial charge in [-0.15, -0.1) is 35.3 Å². The number of thiophene rings is 1. The number of rotatable bonds is 10. The summed E-state index contributed by atoms with van der Waals surface area (Å²) in [5, 5.41) is 5.57. The second-order valence-electron chi connectivity index (χ2n) is 6.37. The smallest absolute Gasteiger partial charge is 0.193 e. The summed E-state index contributed by atoms with van der Waals surface area (Å²) in [6, 6.07) is 4.32. The first-order chi connectivity index (χ1) is 11.2. The number of nitrogens with zero attached hydrogens (tertiary/aromatic N) is 2. The molecule has 1 fully saturated rings. The van der Waals surface area contributed by atoms with Crippen molar-refractivity contribution < 1.29 is 4.74 Å². The molecule has 0 unspecified atom stereocenters. The molecule has 0 aliphatic heterocycles. The van der Waals surface area contributed by atoms with Crippen LogP contribution in [-0.4, -0.2) is 50.8 Å². The van der Waals surface area contributed by atoms with E-state index in [0.717, 1.165) is 51.6 Å². The topological polar surface area (TPSA) is 36.9 Å². The van der Waals surface area contributed by atoms with Crippen molar-refractivity contribution in [3.63, 3.8) is 0 Å². The van der Waals surface area contributed by atoms with E-state index in [1.807, 2.05) is 11.3 Å². The van der Waals surface area contributed by atoms with Gasteiger partial charge in [-0.05, 0) is 56.4 Å². The van der Waals surface area contributed by atoms with Gasteiger partial charge in [0.2, 0.25) is 0 Å². The highest BCUT2D eigenvalue weighted by Crippen LogP contribution is 2.49. The summed E-state index contributed by atoms with van der Waals surface area (Å²) < 4.78 is 5.52. The molecule has 2 rings (SSSR count). The molecule has 0 amide bonds. The standard InChI is InChI=1S/C18H31N3OS.HI/c1-4-19-17(21(3)12-8-16-7-6-14-23-16)20-15-18(9-10-18)11-13-22-5-2;/h6-7,14H,4-5,8-13,15H2,1-3H3,(H,19,20);1H. The zero-order chi connectivity index (χ0) is 16.5. The number of guanidine groups is 1. The lowest BCUT2D eigenvalue weighted by Crippen LogP contribution is -2.40. The zero-order valence-electron chi connectivity index (χ0n) is 15.2. The van der Waals surface area contributed by atoms with Crippen LogP contribution in [0.25, 0.3) is 0 Å². The molecule has 0 aromatic carbocycles. The number of hydrogen-bond donors (Lipinski definition) is 1. The van der Waals surface area contributed by atoms with Gasteiger partial charge in [0.25, 0.3) is 0 Å². The van der Waals surface area contributed by atoms with Crippen LogP contribution in [0.15, 0.2) is 22.5 Å². The first kappa shape index (κ1) is 21.7. The van der Waals surface area contributed by atoms with Crippen molar-refractivity contribution in [1.29, 1.82) is 0 Å². The second-order valence-corrected chi connectivity index (χ2v) is 7.40. The largest absolute Gasteiger partial charge is 0.382 e. The van der Waals surface area contributed by atoms with Crippen LogP contribution in [0.2, 0.25) is 0 Å². The lowest BCUT2D eigenvalue weighted by Gasteiger charge is -2.23. The summed E-state index contributed by atoms with van der Waals surface area (Å²) in [5.41, 5.74) is 0.407. The van der Waals surface area contributed by atoms with Crippen LogP contribution in [0.3, 0.4) is 0 Å². The molecule has 0 spiro atoms. The monoisotopic (exact) mass is 465 g/mol. The Morgan fingerprint density at radius 2 is 2.21 bits per heavy atom. The highest BCUT2D eigenvalue weighted by molar-refractivity contribution is 14.0. The molecule has 0 saturated heterocycles. The van der Waals surface area contributed by atoms with Crippen LogP contribution in [-0.2, 0) is 11.2 Å². The Labute approximate surface area is 168 Å². The predicted octanol–water partition coefficient (Wildman–Crippen LogP) is 4.01. The summed E-state index contributed by atoms with van der Waals surface area (Å²) >= 11 is 1.83. The Morgan fingerprint density at radius 1 is 1.42 bits per heavy atom. The van der Waals surface area contributed by atoms with Crippen LogP contribution in [0.4, 0.5) is 0 Å². The van der Waals surface area contributed by atoms with Crippen LogP contribution < -0.4 is 5.32 Å². The van der Waals surface area contributed by atoms with E-state index < -0.39 is 0 Å². The molecule has 1 saturated carbocycles. The molecule has 1 aliphatic rings. The lowest BCUT2D eigenvalue weighted by molar-refractivity contribution is 0.129. The molecule has 24 heavy (non-hydrogen) atoms. The molecule has 0 bridgehead atoms. The van der Waals surface area contributed by atoms with Crippen molar-refractivity contribution in [1.82, 2.24) is 10.2 Å². The minimum atomic E-state index is 0. The summed E-state index contributed by atoms with van der Waals surface area (Å²) in [6.07, 6.45) is 4.81. The maximum atomic E-state index is 5.52. The molecule has 1 aliphatic carbocycles. The van der Waals surface area contributed by atoms with Crippen molar-refractivity contribution in [3.8, 4) is 0 Å². The minimum Gasteiger partial charge on any atom is -0.382 e. The quantitative estimate of drug-likeness (QED) is 0.246. The molecule has 0 radical (unpaired) electrons. The summed E-state index contributed by atoms with van der Waals surface area (Å²) in [6.45, 7) is 8.70. The normalized spacial score (nSPS) is 15.7. The first-order valence-corrected chi connectivity index (χ1v) is 9.66. The van der Waals surface area contributed by atoms with Gasteiger partial charge in [0.05, 0.1) is 0 Å². The maximum absolute atomic E-state index is 5.52. The third kappa shape index (κ3) is 7.27. The summed E-state index contributed by atoms with van der Waals surface area (Å²) in [4.78, 5) is 8.59. The molecule has 138 valence electrons. The van der Waals surface area contributed by atoms with Gasteiger partial charge < -0.3 is 15.0 Å². The fourth-order valence-corrected chi connectivity index (χ4v) is 3.35.